The van der Waals surface area contributed by atoms with Crippen molar-refractivity contribution in [1.82, 2.24) is 14.5 Å². The first-order valence-electron chi connectivity index (χ1n) is 8.00. The number of hydrogen-bond acceptors (Lipinski definition) is 5. The highest BCUT2D eigenvalue weighted by molar-refractivity contribution is 7.99. The molecule has 0 saturated carbocycles. The molecule has 0 bridgehead atoms. The van der Waals surface area contributed by atoms with Crippen molar-refractivity contribution in [2.45, 2.75) is 36.4 Å². The van der Waals surface area contributed by atoms with Gasteiger partial charge in [-0.2, -0.15) is 0 Å². The van der Waals surface area contributed by atoms with Crippen molar-refractivity contribution >= 4 is 28.6 Å². The zero-order valence-electron chi connectivity index (χ0n) is 14.3. The lowest BCUT2D eigenvalue weighted by Crippen LogP contribution is -2.00. The van der Waals surface area contributed by atoms with E-state index in [0.29, 0.717) is 5.82 Å². The molecule has 2 aromatic heterocycles. The molecular weight excluding hydrogens is 332 g/mol. The zero-order chi connectivity index (χ0) is 17.8. The minimum Gasteiger partial charge on any atom is -0.497 e. The predicted molar refractivity (Wildman–Crippen MR) is 102 cm³/mol. The SMILES string of the molecule is C#CCCCn1c(Sc2cc(OC)ccc2C)nc2c(N)nccc21. The van der Waals surface area contributed by atoms with Crippen LogP contribution < -0.4 is 10.5 Å². The van der Waals surface area contributed by atoms with Crippen LogP contribution in [-0.4, -0.2) is 21.6 Å². The van der Waals surface area contributed by atoms with Gasteiger partial charge in [0.05, 0.1) is 12.6 Å². The van der Waals surface area contributed by atoms with Crippen LogP contribution in [-0.2, 0) is 6.54 Å². The number of aromatic nitrogens is 3. The predicted octanol–water partition coefficient (Wildman–Crippen LogP) is 3.90. The number of aryl methyl sites for hydroxylation is 2. The summed E-state index contributed by atoms with van der Waals surface area (Å²) in [6.07, 6.45) is 8.71. The van der Waals surface area contributed by atoms with Gasteiger partial charge in [0, 0.05) is 24.1 Å². The van der Waals surface area contributed by atoms with E-state index < -0.39 is 0 Å². The Labute approximate surface area is 151 Å². The molecule has 0 spiro atoms. The number of unbranched alkanes of at least 4 members (excludes halogenated alkanes) is 1. The molecule has 3 rings (SSSR count). The zero-order valence-corrected chi connectivity index (χ0v) is 15.1. The largest absolute Gasteiger partial charge is 0.497 e. The van der Waals surface area contributed by atoms with Crippen molar-refractivity contribution in [3.05, 3.63) is 36.0 Å². The number of methoxy groups -OCH3 is 1. The Hall–Kier alpha value is -2.65. The summed E-state index contributed by atoms with van der Waals surface area (Å²) < 4.78 is 7.50. The van der Waals surface area contributed by atoms with E-state index in [4.69, 9.17) is 21.9 Å². The Morgan fingerprint density at radius 3 is 2.96 bits per heavy atom. The summed E-state index contributed by atoms with van der Waals surface area (Å²) in [5.41, 5.74) is 8.89. The molecule has 2 N–H and O–H groups in total. The van der Waals surface area contributed by atoms with Crippen LogP contribution in [0.1, 0.15) is 18.4 Å². The first-order valence-corrected chi connectivity index (χ1v) is 8.82. The number of pyridine rings is 1. The van der Waals surface area contributed by atoms with Crippen LogP contribution in [0, 0.1) is 19.3 Å². The summed E-state index contributed by atoms with van der Waals surface area (Å²) in [7, 11) is 1.67. The van der Waals surface area contributed by atoms with Crippen molar-refractivity contribution in [3.63, 3.8) is 0 Å². The number of ether oxygens (including phenoxy) is 1. The number of nitrogens with zero attached hydrogens (tertiary/aromatic N) is 3. The number of imidazole rings is 1. The maximum Gasteiger partial charge on any atom is 0.174 e. The van der Waals surface area contributed by atoms with Gasteiger partial charge in [-0.1, -0.05) is 17.8 Å². The summed E-state index contributed by atoms with van der Waals surface area (Å²) >= 11 is 1.60. The van der Waals surface area contributed by atoms with Gasteiger partial charge in [0.2, 0.25) is 0 Å². The van der Waals surface area contributed by atoms with Gasteiger partial charge in [0.1, 0.15) is 11.3 Å². The lowest BCUT2D eigenvalue weighted by molar-refractivity contribution is 0.413. The molecule has 5 nitrogen and oxygen atoms in total. The third kappa shape index (κ3) is 3.57. The number of nitrogens with two attached hydrogens (primary N) is 1. The molecule has 128 valence electrons. The third-order valence-electron chi connectivity index (χ3n) is 3.96. The second kappa shape index (κ2) is 7.49. The average Bonchev–Trinajstić information content (AvgIpc) is 2.96. The molecule has 0 aliphatic carbocycles. The highest BCUT2D eigenvalue weighted by atomic mass is 32.2. The smallest absolute Gasteiger partial charge is 0.174 e. The molecule has 0 aliphatic heterocycles. The summed E-state index contributed by atoms with van der Waals surface area (Å²) in [6.45, 7) is 2.86. The van der Waals surface area contributed by atoms with E-state index in [9.17, 15) is 0 Å². The second-order valence-electron chi connectivity index (χ2n) is 5.65. The quantitative estimate of drug-likeness (QED) is 0.538. The molecule has 0 amide bonds. The molecule has 2 heterocycles. The van der Waals surface area contributed by atoms with Crippen molar-refractivity contribution in [2.75, 3.05) is 12.8 Å². The lowest BCUT2D eigenvalue weighted by Gasteiger charge is -2.10. The maximum atomic E-state index is 6.01. The van der Waals surface area contributed by atoms with Gasteiger partial charge in [0.15, 0.2) is 11.0 Å². The highest BCUT2D eigenvalue weighted by Gasteiger charge is 2.15. The molecule has 0 atom stereocenters. The van der Waals surface area contributed by atoms with Crippen LogP contribution in [0.3, 0.4) is 0 Å². The van der Waals surface area contributed by atoms with Crippen molar-refractivity contribution in [3.8, 4) is 18.1 Å². The Morgan fingerprint density at radius 1 is 1.36 bits per heavy atom. The van der Waals surface area contributed by atoms with Gasteiger partial charge in [0.25, 0.3) is 0 Å². The third-order valence-corrected chi connectivity index (χ3v) is 5.11. The van der Waals surface area contributed by atoms with E-state index in [1.54, 1.807) is 25.1 Å². The van der Waals surface area contributed by atoms with Crippen molar-refractivity contribution in [1.29, 1.82) is 0 Å². The molecule has 0 radical (unpaired) electrons. The number of fused-ring (bicyclic) bond motifs is 1. The number of hydrogen-bond donors (Lipinski definition) is 1. The van der Waals surface area contributed by atoms with Crippen molar-refractivity contribution < 1.29 is 4.74 Å². The lowest BCUT2D eigenvalue weighted by atomic mass is 10.2. The fourth-order valence-electron chi connectivity index (χ4n) is 2.60. The van der Waals surface area contributed by atoms with Crippen LogP contribution in [0.25, 0.3) is 11.0 Å². The van der Waals surface area contributed by atoms with Gasteiger partial charge < -0.3 is 15.0 Å². The summed E-state index contributed by atoms with van der Waals surface area (Å²) in [4.78, 5) is 9.98. The Kier molecular flexibility index (Phi) is 5.15. The molecule has 25 heavy (non-hydrogen) atoms. The number of terminal acetylenes is 1. The Morgan fingerprint density at radius 2 is 2.20 bits per heavy atom. The van der Waals surface area contributed by atoms with Crippen LogP contribution in [0.15, 0.2) is 40.5 Å². The Bertz CT molecular complexity index is 942. The molecule has 0 saturated heterocycles. The highest BCUT2D eigenvalue weighted by Crippen LogP contribution is 2.35. The number of anilines is 1. The fourth-order valence-corrected chi connectivity index (χ4v) is 3.64. The van der Waals surface area contributed by atoms with Gasteiger partial charge in [-0.25, -0.2) is 9.97 Å². The fraction of sp³-hybridized carbons (Fsp3) is 0.263. The van der Waals surface area contributed by atoms with Gasteiger partial charge in [-0.3, -0.25) is 0 Å². The minimum atomic E-state index is 0.442. The summed E-state index contributed by atoms with van der Waals surface area (Å²) in [5.74, 6) is 3.95. The van der Waals surface area contributed by atoms with Crippen LogP contribution >= 0.6 is 11.8 Å². The molecule has 1 aromatic carbocycles. The topological polar surface area (TPSA) is 66.0 Å². The molecule has 3 aromatic rings. The van der Waals surface area contributed by atoms with E-state index in [0.717, 1.165) is 46.2 Å². The van der Waals surface area contributed by atoms with Gasteiger partial charge in [-0.05, 0) is 37.1 Å². The second-order valence-corrected chi connectivity index (χ2v) is 6.66. The van der Waals surface area contributed by atoms with Crippen LogP contribution in [0.5, 0.6) is 5.75 Å². The Balaban J connectivity index is 2.04. The molecular formula is C19H20N4OS. The monoisotopic (exact) mass is 352 g/mol. The molecule has 0 unspecified atom stereocenters. The van der Waals surface area contributed by atoms with Gasteiger partial charge in [-0.15, -0.1) is 12.3 Å². The van der Waals surface area contributed by atoms with Crippen LogP contribution in [0.4, 0.5) is 5.82 Å². The number of rotatable bonds is 6. The molecule has 0 fully saturated rings. The molecule has 6 heteroatoms. The van der Waals surface area contributed by atoms with E-state index in [1.165, 1.54) is 5.56 Å². The standard InChI is InChI=1S/C19H20N4OS/c1-4-5-6-11-23-15-9-10-21-18(20)17(15)22-19(23)25-16-12-14(24-3)8-7-13(16)2/h1,7-10,12H,5-6,11H2,2-3H3,(H2,20,21). The first kappa shape index (κ1) is 17.2. The summed E-state index contributed by atoms with van der Waals surface area (Å²) in [6, 6.07) is 7.96. The van der Waals surface area contributed by atoms with E-state index >= 15 is 0 Å². The number of nitrogen functional groups attached to an aromatic ring is 1. The minimum absolute atomic E-state index is 0.442. The first-order chi connectivity index (χ1) is 12.1. The summed E-state index contributed by atoms with van der Waals surface area (Å²) in [5, 5.41) is 0.878. The van der Waals surface area contributed by atoms with Crippen molar-refractivity contribution in [2.24, 2.45) is 0 Å². The van der Waals surface area contributed by atoms with Gasteiger partial charge >= 0.3 is 0 Å². The maximum absolute atomic E-state index is 6.01. The van der Waals surface area contributed by atoms with Crippen LogP contribution in [0.2, 0.25) is 0 Å². The number of benzene rings is 1. The van der Waals surface area contributed by atoms with E-state index in [1.807, 2.05) is 24.3 Å². The normalized spacial score (nSPS) is 10.8. The average molecular weight is 352 g/mol. The van der Waals surface area contributed by atoms with E-state index in [-0.39, 0.29) is 0 Å². The molecule has 0 aliphatic rings. The van der Waals surface area contributed by atoms with E-state index in [2.05, 4.69) is 22.4 Å².